The zero-order chi connectivity index (χ0) is 14.4. The largest absolute Gasteiger partial charge is 0.347 e. The van der Waals surface area contributed by atoms with E-state index in [0.29, 0.717) is 12.4 Å². The van der Waals surface area contributed by atoms with Gasteiger partial charge < -0.3 is 10.3 Å². The van der Waals surface area contributed by atoms with Gasteiger partial charge in [0, 0.05) is 25.1 Å². The maximum Gasteiger partial charge on any atom is 0.244 e. The molecule has 0 fully saturated rings. The lowest BCUT2D eigenvalue weighted by Gasteiger charge is -2.03. The molecule has 0 radical (unpaired) electrons. The molecule has 3 N–H and O–H groups in total. The number of hydrogen-bond donors (Lipinski definition) is 3. The minimum atomic E-state index is -3.56. The van der Waals surface area contributed by atoms with Crippen LogP contribution in [0.5, 0.6) is 0 Å². The zero-order valence-corrected chi connectivity index (χ0v) is 12.0. The molecule has 20 heavy (non-hydrogen) atoms. The molecule has 0 aliphatic heterocycles. The van der Waals surface area contributed by atoms with Crippen LogP contribution < -0.4 is 10.0 Å². The molecular weight excluding hydrogens is 280 g/mol. The third-order valence-electron chi connectivity index (χ3n) is 2.67. The summed E-state index contributed by atoms with van der Waals surface area (Å²) in [7, 11) is -3.56. The van der Waals surface area contributed by atoms with Crippen molar-refractivity contribution in [1.82, 2.24) is 29.8 Å². The van der Waals surface area contributed by atoms with E-state index in [4.69, 9.17) is 0 Å². The molecule has 8 nitrogen and oxygen atoms in total. The number of rotatable bonds is 8. The Balaban J connectivity index is 1.95. The van der Waals surface area contributed by atoms with E-state index in [0.717, 1.165) is 13.1 Å². The molecule has 0 saturated heterocycles. The van der Waals surface area contributed by atoms with Crippen molar-refractivity contribution in [2.45, 2.75) is 24.9 Å². The molecule has 0 aliphatic carbocycles. The Morgan fingerprint density at radius 3 is 3.00 bits per heavy atom. The molecule has 2 aromatic heterocycles. The first-order valence-corrected chi connectivity index (χ1v) is 7.81. The van der Waals surface area contributed by atoms with E-state index in [-0.39, 0.29) is 11.4 Å². The van der Waals surface area contributed by atoms with Crippen LogP contribution in [0.25, 0.3) is 0 Å². The monoisotopic (exact) mass is 298 g/mol. The van der Waals surface area contributed by atoms with Crippen molar-refractivity contribution in [3.05, 3.63) is 30.6 Å². The molecular formula is C11H18N6O2S. The first-order valence-electron chi connectivity index (χ1n) is 6.33. The highest BCUT2D eigenvalue weighted by atomic mass is 32.2. The molecule has 0 atom stereocenters. The molecule has 0 unspecified atom stereocenters. The van der Waals surface area contributed by atoms with Gasteiger partial charge >= 0.3 is 0 Å². The second kappa shape index (κ2) is 6.64. The average molecular weight is 298 g/mol. The molecule has 2 aromatic rings. The third kappa shape index (κ3) is 3.89. The van der Waals surface area contributed by atoms with Crippen LogP contribution in [0.2, 0.25) is 0 Å². The first-order chi connectivity index (χ1) is 9.62. The summed E-state index contributed by atoms with van der Waals surface area (Å²) < 4.78 is 28.2. The number of imidazole rings is 1. The smallest absolute Gasteiger partial charge is 0.244 e. The molecule has 2 heterocycles. The molecule has 0 aromatic carbocycles. The number of H-pyrrole nitrogens is 1. The average Bonchev–Trinajstić information content (AvgIpc) is 3.08. The highest BCUT2D eigenvalue weighted by Gasteiger charge is 2.16. The van der Waals surface area contributed by atoms with E-state index in [1.54, 1.807) is 17.1 Å². The van der Waals surface area contributed by atoms with E-state index in [2.05, 4.69) is 25.1 Å². The Hall–Kier alpha value is -1.71. The summed E-state index contributed by atoms with van der Waals surface area (Å²) >= 11 is 0. The van der Waals surface area contributed by atoms with Crippen molar-refractivity contribution in [1.29, 1.82) is 0 Å². The van der Waals surface area contributed by atoms with Crippen LogP contribution in [0.1, 0.15) is 12.7 Å². The Kier molecular flexibility index (Phi) is 4.88. The van der Waals surface area contributed by atoms with Gasteiger partial charge in [0.2, 0.25) is 10.0 Å². The van der Waals surface area contributed by atoms with Gasteiger partial charge in [0.05, 0.1) is 19.3 Å². The van der Waals surface area contributed by atoms with Crippen molar-refractivity contribution in [3.8, 4) is 0 Å². The fourth-order valence-corrected chi connectivity index (χ4v) is 2.56. The van der Waals surface area contributed by atoms with Gasteiger partial charge in [-0.15, -0.1) is 0 Å². The molecule has 0 bridgehead atoms. The lowest BCUT2D eigenvalue weighted by Crippen LogP contribution is -2.23. The number of nitrogens with zero attached hydrogens (tertiary/aromatic N) is 3. The maximum atomic E-state index is 12.0. The summed E-state index contributed by atoms with van der Waals surface area (Å²) in [5.74, 6) is 0.563. The molecule has 110 valence electrons. The number of aromatic nitrogens is 4. The van der Waals surface area contributed by atoms with Gasteiger partial charge in [-0.3, -0.25) is 4.68 Å². The van der Waals surface area contributed by atoms with Crippen LogP contribution in [-0.2, 0) is 23.1 Å². The predicted octanol–water partition coefficient (Wildman–Crippen LogP) is -0.306. The first kappa shape index (κ1) is 14.7. The lowest BCUT2D eigenvalue weighted by atomic mass is 10.6. The molecule has 2 rings (SSSR count). The van der Waals surface area contributed by atoms with Gasteiger partial charge in [0.1, 0.15) is 10.7 Å². The lowest BCUT2D eigenvalue weighted by molar-refractivity contribution is 0.562. The summed E-state index contributed by atoms with van der Waals surface area (Å²) in [5.41, 5.74) is 0. The molecule has 0 spiro atoms. The van der Waals surface area contributed by atoms with Gasteiger partial charge in [-0.1, -0.05) is 6.92 Å². The van der Waals surface area contributed by atoms with Crippen molar-refractivity contribution in [2.24, 2.45) is 0 Å². The Bertz CT molecular complexity index is 619. The van der Waals surface area contributed by atoms with Crippen LogP contribution in [0.4, 0.5) is 0 Å². The molecule has 0 amide bonds. The van der Waals surface area contributed by atoms with E-state index in [1.807, 2.05) is 6.92 Å². The van der Waals surface area contributed by atoms with Crippen LogP contribution in [0, 0.1) is 0 Å². The molecule has 9 heteroatoms. The summed E-state index contributed by atoms with van der Waals surface area (Å²) in [6.45, 7) is 4.38. The van der Waals surface area contributed by atoms with Gasteiger partial charge in [0.25, 0.3) is 0 Å². The minimum absolute atomic E-state index is 0.123. The fraction of sp³-hybridized carbons (Fsp3) is 0.455. The van der Waals surface area contributed by atoms with E-state index >= 15 is 0 Å². The summed E-state index contributed by atoms with van der Waals surface area (Å²) in [4.78, 5) is 6.94. The fourth-order valence-electron chi connectivity index (χ4n) is 1.62. The highest BCUT2D eigenvalue weighted by molar-refractivity contribution is 7.89. The van der Waals surface area contributed by atoms with E-state index < -0.39 is 10.0 Å². The zero-order valence-electron chi connectivity index (χ0n) is 11.2. The van der Waals surface area contributed by atoms with Crippen molar-refractivity contribution in [3.63, 3.8) is 0 Å². The second-order valence-corrected chi connectivity index (χ2v) is 5.92. The summed E-state index contributed by atoms with van der Waals surface area (Å²) in [6, 6.07) is 0. The third-order valence-corrected chi connectivity index (χ3v) is 4.03. The topological polar surface area (TPSA) is 105 Å². The van der Waals surface area contributed by atoms with Gasteiger partial charge in [-0.25, -0.2) is 18.1 Å². The highest BCUT2D eigenvalue weighted by Crippen LogP contribution is 2.07. The Labute approximate surface area is 117 Å². The number of sulfonamides is 1. The quantitative estimate of drug-likeness (QED) is 0.580. The van der Waals surface area contributed by atoms with Crippen LogP contribution >= 0.6 is 0 Å². The second-order valence-electron chi connectivity index (χ2n) is 4.15. The predicted molar refractivity (Wildman–Crippen MR) is 73.4 cm³/mol. The molecule has 0 saturated carbocycles. The standard InChI is InChI=1S/C11H18N6O2S/c1-2-12-5-6-17-9-10(7-15-17)20(18,19)16-8-11-13-3-4-14-11/h3-4,7,9,12,16H,2,5-6,8H2,1H3,(H,13,14). The Morgan fingerprint density at radius 2 is 2.30 bits per heavy atom. The minimum Gasteiger partial charge on any atom is -0.347 e. The Morgan fingerprint density at radius 1 is 1.45 bits per heavy atom. The normalized spacial score (nSPS) is 11.8. The van der Waals surface area contributed by atoms with E-state index in [1.165, 1.54) is 12.4 Å². The van der Waals surface area contributed by atoms with Gasteiger partial charge in [-0.05, 0) is 6.54 Å². The van der Waals surface area contributed by atoms with Crippen molar-refractivity contribution in [2.75, 3.05) is 13.1 Å². The van der Waals surface area contributed by atoms with Gasteiger partial charge in [-0.2, -0.15) is 5.10 Å². The SMILES string of the molecule is CCNCCn1cc(S(=O)(=O)NCc2ncc[nH]2)cn1. The van der Waals surface area contributed by atoms with E-state index in [9.17, 15) is 8.42 Å². The molecule has 0 aliphatic rings. The number of likely N-dealkylation sites (N-methyl/N-ethyl adjacent to an activating group) is 1. The van der Waals surface area contributed by atoms with Crippen LogP contribution in [-0.4, -0.2) is 41.3 Å². The van der Waals surface area contributed by atoms with Crippen molar-refractivity contribution < 1.29 is 8.42 Å². The van der Waals surface area contributed by atoms with Crippen molar-refractivity contribution >= 4 is 10.0 Å². The summed E-state index contributed by atoms with van der Waals surface area (Å²) in [5, 5.41) is 7.18. The van der Waals surface area contributed by atoms with Crippen LogP contribution in [0.15, 0.2) is 29.7 Å². The number of hydrogen-bond acceptors (Lipinski definition) is 5. The van der Waals surface area contributed by atoms with Gasteiger partial charge in [0.15, 0.2) is 0 Å². The maximum absolute atomic E-state index is 12.0. The number of nitrogens with one attached hydrogen (secondary N) is 3. The number of aromatic amines is 1. The van der Waals surface area contributed by atoms with Crippen LogP contribution in [0.3, 0.4) is 0 Å². The summed E-state index contributed by atoms with van der Waals surface area (Å²) in [6.07, 6.45) is 6.07.